The van der Waals surface area contributed by atoms with Crippen molar-refractivity contribution in [2.24, 2.45) is 0 Å². The first-order valence-corrected chi connectivity index (χ1v) is 8.01. The number of rotatable bonds is 4. The summed E-state index contributed by atoms with van der Waals surface area (Å²) >= 11 is 0. The Labute approximate surface area is 147 Å². The molecule has 0 atom stereocenters. The molecule has 132 valence electrons. The van der Waals surface area contributed by atoms with Gasteiger partial charge < -0.3 is 15.4 Å². The van der Waals surface area contributed by atoms with Gasteiger partial charge in [0, 0.05) is 17.9 Å². The van der Waals surface area contributed by atoms with Gasteiger partial charge in [0.1, 0.15) is 5.60 Å². The van der Waals surface area contributed by atoms with E-state index >= 15 is 0 Å². The van der Waals surface area contributed by atoms with Crippen molar-refractivity contribution in [3.05, 3.63) is 60.2 Å². The number of hydrogen-bond donors (Lipinski definition) is 3. The minimum Gasteiger partial charge on any atom is -0.444 e. The molecule has 2 aromatic carbocycles. The van der Waals surface area contributed by atoms with E-state index in [4.69, 9.17) is 4.74 Å². The first kappa shape index (κ1) is 18.3. The van der Waals surface area contributed by atoms with Crippen LogP contribution in [0.1, 0.15) is 26.3 Å². The third-order valence-corrected chi connectivity index (χ3v) is 3.08. The molecule has 0 saturated heterocycles. The first-order valence-electron chi connectivity index (χ1n) is 8.01. The van der Waals surface area contributed by atoms with Crippen molar-refractivity contribution in [2.45, 2.75) is 32.9 Å². The third-order valence-electron chi connectivity index (χ3n) is 3.08. The first-order chi connectivity index (χ1) is 11.8. The number of carbonyl (C=O) groups is 2. The Hall–Kier alpha value is -3.02. The van der Waals surface area contributed by atoms with Gasteiger partial charge in [-0.15, -0.1) is 0 Å². The highest BCUT2D eigenvalue weighted by Crippen LogP contribution is 2.15. The van der Waals surface area contributed by atoms with Crippen LogP contribution in [0.25, 0.3) is 0 Å². The molecule has 25 heavy (non-hydrogen) atoms. The highest BCUT2D eigenvalue weighted by Gasteiger charge is 2.16. The van der Waals surface area contributed by atoms with E-state index in [0.29, 0.717) is 17.9 Å². The summed E-state index contributed by atoms with van der Waals surface area (Å²) in [6.45, 7) is 5.85. The Balaban J connectivity index is 1.81. The van der Waals surface area contributed by atoms with Crippen LogP contribution in [0, 0.1) is 0 Å². The quantitative estimate of drug-likeness (QED) is 0.773. The van der Waals surface area contributed by atoms with Crippen LogP contribution in [0.15, 0.2) is 54.6 Å². The number of ether oxygens (including phenoxy) is 1. The van der Waals surface area contributed by atoms with Crippen LogP contribution in [0.5, 0.6) is 0 Å². The largest absolute Gasteiger partial charge is 0.444 e. The summed E-state index contributed by atoms with van der Waals surface area (Å²) in [5, 5.41) is 8.15. The molecule has 0 unspecified atom stereocenters. The summed E-state index contributed by atoms with van der Waals surface area (Å²) in [6, 6.07) is 16.1. The molecule has 3 N–H and O–H groups in total. The molecule has 6 nitrogen and oxygen atoms in total. The maximum Gasteiger partial charge on any atom is 0.412 e. The molecule has 0 spiro atoms. The Bertz CT molecular complexity index is 707. The molecule has 0 heterocycles. The van der Waals surface area contributed by atoms with Gasteiger partial charge in [-0.3, -0.25) is 5.32 Å². The smallest absolute Gasteiger partial charge is 0.412 e. The highest BCUT2D eigenvalue weighted by molar-refractivity contribution is 5.90. The molecule has 0 radical (unpaired) electrons. The van der Waals surface area contributed by atoms with E-state index in [2.05, 4.69) is 16.0 Å². The number of hydrogen-bond acceptors (Lipinski definition) is 3. The van der Waals surface area contributed by atoms with Crippen LogP contribution in [0.3, 0.4) is 0 Å². The van der Waals surface area contributed by atoms with E-state index in [9.17, 15) is 9.59 Å². The van der Waals surface area contributed by atoms with Crippen LogP contribution >= 0.6 is 0 Å². The van der Waals surface area contributed by atoms with Gasteiger partial charge in [0.15, 0.2) is 0 Å². The molecule has 3 amide bonds. The summed E-state index contributed by atoms with van der Waals surface area (Å²) in [4.78, 5) is 23.6. The summed E-state index contributed by atoms with van der Waals surface area (Å²) in [5.41, 5.74) is 1.68. The molecular formula is C19H23N3O3. The fourth-order valence-electron chi connectivity index (χ4n) is 2.01. The molecule has 6 heteroatoms. The lowest BCUT2D eigenvalue weighted by Gasteiger charge is -2.19. The zero-order chi connectivity index (χ0) is 18.3. The lowest BCUT2D eigenvalue weighted by molar-refractivity contribution is 0.0636. The van der Waals surface area contributed by atoms with Crippen molar-refractivity contribution in [1.82, 2.24) is 5.32 Å². The fourth-order valence-corrected chi connectivity index (χ4v) is 2.01. The van der Waals surface area contributed by atoms with Crippen molar-refractivity contribution in [3.63, 3.8) is 0 Å². The Morgan fingerprint density at radius 1 is 0.880 bits per heavy atom. The van der Waals surface area contributed by atoms with Crippen LogP contribution < -0.4 is 16.0 Å². The molecule has 0 aromatic heterocycles. The topological polar surface area (TPSA) is 79.5 Å². The van der Waals surface area contributed by atoms with Gasteiger partial charge >= 0.3 is 12.1 Å². The lowest BCUT2D eigenvalue weighted by Crippen LogP contribution is -2.28. The van der Waals surface area contributed by atoms with Gasteiger partial charge in [0.05, 0.1) is 0 Å². The zero-order valence-electron chi connectivity index (χ0n) is 14.6. The van der Waals surface area contributed by atoms with E-state index in [1.165, 1.54) is 0 Å². The standard InChI is InChI=1S/C19H23N3O3/c1-19(2,3)25-18(24)22-16-11-9-15(10-12-16)21-17(23)20-13-14-7-5-4-6-8-14/h4-12H,13H2,1-3H3,(H,22,24)(H2,20,21,23). The van der Waals surface area contributed by atoms with E-state index in [1.54, 1.807) is 45.0 Å². The van der Waals surface area contributed by atoms with Gasteiger partial charge in [0.2, 0.25) is 0 Å². The maximum atomic E-state index is 11.9. The van der Waals surface area contributed by atoms with Crippen molar-refractivity contribution in [3.8, 4) is 0 Å². The average molecular weight is 341 g/mol. The lowest BCUT2D eigenvalue weighted by atomic mass is 10.2. The molecule has 0 aliphatic carbocycles. The number of benzene rings is 2. The summed E-state index contributed by atoms with van der Waals surface area (Å²) in [6.07, 6.45) is -0.520. The second-order valence-electron chi connectivity index (χ2n) is 6.50. The highest BCUT2D eigenvalue weighted by atomic mass is 16.6. The van der Waals surface area contributed by atoms with Crippen LogP contribution in [-0.4, -0.2) is 17.7 Å². The van der Waals surface area contributed by atoms with Gasteiger partial charge in [-0.05, 0) is 50.6 Å². The molecule has 0 saturated carbocycles. The summed E-state index contributed by atoms with van der Waals surface area (Å²) < 4.78 is 5.18. The van der Waals surface area contributed by atoms with Gasteiger partial charge in [-0.1, -0.05) is 30.3 Å². The van der Waals surface area contributed by atoms with E-state index in [1.807, 2.05) is 30.3 Å². The SMILES string of the molecule is CC(C)(C)OC(=O)Nc1ccc(NC(=O)NCc2ccccc2)cc1. The Kier molecular flexibility index (Phi) is 6.00. The molecule has 0 aliphatic rings. The van der Waals surface area contributed by atoms with Crippen molar-refractivity contribution in [2.75, 3.05) is 10.6 Å². The molecule has 0 bridgehead atoms. The number of amides is 3. The fraction of sp³-hybridized carbons (Fsp3) is 0.263. The average Bonchev–Trinajstić information content (AvgIpc) is 2.54. The van der Waals surface area contributed by atoms with Crippen LogP contribution in [-0.2, 0) is 11.3 Å². The molecule has 2 rings (SSSR count). The molecule has 2 aromatic rings. The number of anilines is 2. The van der Waals surface area contributed by atoms with Crippen LogP contribution in [0.4, 0.5) is 21.0 Å². The molecule has 0 aliphatic heterocycles. The second-order valence-corrected chi connectivity index (χ2v) is 6.50. The maximum absolute atomic E-state index is 11.9. The number of carbonyl (C=O) groups excluding carboxylic acids is 2. The summed E-state index contributed by atoms with van der Waals surface area (Å²) in [7, 11) is 0. The Morgan fingerprint density at radius 2 is 1.44 bits per heavy atom. The van der Waals surface area contributed by atoms with Crippen LogP contribution in [0.2, 0.25) is 0 Å². The van der Waals surface area contributed by atoms with E-state index in [-0.39, 0.29) is 6.03 Å². The predicted molar refractivity (Wildman–Crippen MR) is 98.6 cm³/mol. The minimum absolute atomic E-state index is 0.295. The van der Waals surface area contributed by atoms with Crippen molar-refractivity contribution < 1.29 is 14.3 Å². The molecular weight excluding hydrogens is 318 g/mol. The zero-order valence-corrected chi connectivity index (χ0v) is 14.6. The van der Waals surface area contributed by atoms with Gasteiger partial charge in [-0.2, -0.15) is 0 Å². The normalized spacial score (nSPS) is 10.7. The van der Waals surface area contributed by atoms with Crippen molar-refractivity contribution in [1.29, 1.82) is 0 Å². The Morgan fingerprint density at radius 3 is 2.00 bits per heavy atom. The predicted octanol–water partition coefficient (Wildman–Crippen LogP) is 4.36. The van der Waals surface area contributed by atoms with Crippen molar-refractivity contribution >= 4 is 23.5 Å². The number of nitrogens with one attached hydrogen (secondary N) is 3. The monoisotopic (exact) mass is 341 g/mol. The van der Waals surface area contributed by atoms with Gasteiger partial charge in [-0.25, -0.2) is 9.59 Å². The van der Waals surface area contributed by atoms with Gasteiger partial charge in [0.25, 0.3) is 0 Å². The van der Waals surface area contributed by atoms with E-state index in [0.717, 1.165) is 5.56 Å². The third kappa shape index (κ3) is 6.95. The summed E-state index contributed by atoms with van der Waals surface area (Å²) in [5.74, 6) is 0. The molecule has 0 fully saturated rings. The second kappa shape index (κ2) is 8.19. The number of urea groups is 1. The van der Waals surface area contributed by atoms with E-state index < -0.39 is 11.7 Å². The minimum atomic E-state index is -0.553.